The molecule has 0 bridgehead atoms. The van der Waals surface area contributed by atoms with Crippen molar-refractivity contribution in [1.29, 1.82) is 0 Å². The summed E-state index contributed by atoms with van der Waals surface area (Å²) in [6.07, 6.45) is 7.15. The number of hydrogen-bond acceptors (Lipinski definition) is 5. The molecule has 1 amide bonds. The van der Waals surface area contributed by atoms with E-state index in [1.807, 2.05) is 6.08 Å². The van der Waals surface area contributed by atoms with Crippen molar-refractivity contribution in [2.75, 3.05) is 12.4 Å². The molecule has 22 heavy (non-hydrogen) atoms. The van der Waals surface area contributed by atoms with Crippen LogP contribution < -0.4 is 5.32 Å². The van der Waals surface area contributed by atoms with E-state index < -0.39 is 0 Å². The number of ether oxygens (including phenoxy) is 1. The maximum atomic E-state index is 12.1. The van der Waals surface area contributed by atoms with Gasteiger partial charge in [-0.25, -0.2) is 9.78 Å². The number of nitrogens with one attached hydrogen (secondary N) is 1. The molecule has 0 aliphatic heterocycles. The summed E-state index contributed by atoms with van der Waals surface area (Å²) < 4.78 is 4.91. The molecule has 1 N–H and O–H groups in total. The van der Waals surface area contributed by atoms with Crippen molar-refractivity contribution in [3.63, 3.8) is 0 Å². The van der Waals surface area contributed by atoms with Gasteiger partial charge >= 0.3 is 5.97 Å². The lowest BCUT2D eigenvalue weighted by molar-refractivity contribution is -0.133. The van der Waals surface area contributed by atoms with Gasteiger partial charge < -0.3 is 10.1 Å². The van der Waals surface area contributed by atoms with E-state index in [1.54, 1.807) is 5.38 Å². The minimum Gasteiger partial charge on any atom is -0.465 e. The number of thiazole rings is 1. The summed E-state index contributed by atoms with van der Waals surface area (Å²) in [5.74, 6) is 1.40. The number of carbonyl (C=O) groups is 2. The van der Waals surface area contributed by atoms with Gasteiger partial charge in [0.1, 0.15) is 0 Å². The van der Waals surface area contributed by atoms with Gasteiger partial charge in [0.25, 0.3) is 0 Å². The number of allylic oxidation sites excluding steroid dienone is 1. The van der Waals surface area contributed by atoms with Crippen molar-refractivity contribution in [2.24, 2.45) is 17.8 Å². The second kappa shape index (κ2) is 6.20. The first-order chi connectivity index (χ1) is 10.6. The Bertz CT molecular complexity index is 611. The average Bonchev–Trinajstić information content (AvgIpc) is 3.01. The first-order valence-electron chi connectivity index (χ1n) is 7.63. The molecule has 118 valence electrons. The minimum atomic E-state index is -0.358. The lowest BCUT2D eigenvalue weighted by Crippen LogP contribution is -2.07. The monoisotopic (exact) mass is 320 g/mol. The zero-order valence-electron chi connectivity index (χ0n) is 12.8. The van der Waals surface area contributed by atoms with Gasteiger partial charge in [-0.15, -0.1) is 11.3 Å². The van der Waals surface area contributed by atoms with E-state index in [9.17, 15) is 9.59 Å². The Hall–Kier alpha value is -1.69. The number of aromatic nitrogens is 1. The Kier molecular flexibility index (Phi) is 4.29. The molecule has 1 heterocycles. The summed E-state index contributed by atoms with van der Waals surface area (Å²) in [6, 6.07) is 0. The van der Waals surface area contributed by atoms with Gasteiger partial charge in [-0.1, -0.05) is 18.9 Å². The fraction of sp³-hybridized carbons (Fsp3) is 0.562. The van der Waals surface area contributed by atoms with Crippen molar-refractivity contribution >= 4 is 33.9 Å². The molecular weight excluding hydrogens is 300 g/mol. The topological polar surface area (TPSA) is 68.3 Å². The molecule has 6 heteroatoms. The maximum absolute atomic E-state index is 12.1. The van der Waals surface area contributed by atoms with Crippen molar-refractivity contribution in [1.82, 2.24) is 4.98 Å². The number of methoxy groups -OCH3 is 1. The van der Waals surface area contributed by atoms with E-state index in [1.165, 1.54) is 51.1 Å². The van der Waals surface area contributed by atoms with Gasteiger partial charge in [0.15, 0.2) is 5.13 Å². The summed E-state index contributed by atoms with van der Waals surface area (Å²) in [5.41, 5.74) is 1.11. The van der Waals surface area contributed by atoms with Crippen molar-refractivity contribution in [3.8, 4) is 0 Å². The molecule has 1 aromatic rings. The zero-order valence-corrected chi connectivity index (χ0v) is 13.6. The van der Waals surface area contributed by atoms with Crippen LogP contribution in [0.3, 0.4) is 0 Å². The van der Waals surface area contributed by atoms with E-state index in [0.717, 1.165) is 11.8 Å². The van der Waals surface area contributed by atoms with Gasteiger partial charge in [0.2, 0.25) is 5.91 Å². The summed E-state index contributed by atoms with van der Waals surface area (Å²) in [6.45, 7) is 1.44. The first-order valence-corrected chi connectivity index (χ1v) is 8.51. The summed E-state index contributed by atoms with van der Waals surface area (Å²) in [7, 11) is 1.39. The normalized spacial score (nSPS) is 27.0. The zero-order chi connectivity index (χ0) is 15.7. The largest absolute Gasteiger partial charge is 0.465 e. The van der Waals surface area contributed by atoms with Crippen molar-refractivity contribution in [2.45, 2.75) is 32.6 Å². The highest BCUT2D eigenvalue weighted by molar-refractivity contribution is 7.14. The van der Waals surface area contributed by atoms with Gasteiger partial charge in [-0.3, -0.25) is 4.79 Å². The molecule has 2 atom stereocenters. The highest BCUT2D eigenvalue weighted by Gasteiger charge is 2.49. The van der Waals surface area contributed by atoms with E-state index in [0.29, 0.717) is 22.3 Å². The average molecular weight is 320 g/mol. The molecule has 0 aromatic carbocycles. The highest BCUT2D eigenvalue weighted by Crippen LogP contribution is 2.56. The Morgan fingerprint density at radius 1 is 1.36 bits per heavy atom. The fourth-order valence-corrected chi connectivity index (χ4v) is 4.22. The highest BCUT2D eigenvalue weighted by atomic mass is 32.1. The van der Waals surface area contributed by atoms with Gasteiger partial charge in [-0.2, -0.15) is 0 Å². The number of rotatable bonds is 4. The maximum Gasteiger partial charge on any atom is 0.339 e. The Morgan fingerprint density at radius 3 is 2.64 bits per heavy atom. The molecule has 1 aromatic heterocycles. The lowest BCUT2D eigenvalue weighted by Gasteiger charge is -2.04. The third-order valence-corrected chi connectivity index (χ3v) is 5.31. The first kappa shape index (κ1) is 15.2. The number of amides is 1. The predicted molar refractivity (Wildman–Crippen MR) is 85.3 cm³/mol. The fourth-order valence-electron chi connectivity index (χ4n) is 3.46. The van der Waals surface area contributed by atoms with Crippen LogP contribution in [0.4, 0.5) is 5.13 Å². The van der Waals surface area contributed by atoms with Gasteiger partial charge in [0, 0.05) is 12.3 Å². The van der Waals surface area contributed by atoms with Crippen LogP contribution >= 0.6 is 11.3 Å². The van der Waals surface area contributed by atoms with Crippen LogP contribution in [-0.4, -0.2) is 24.0 Å². The summed E-state index contributed by atoms with van der Waals surface area (Å²) in [5, 5.41) is 4.94. The Balaban J connectivity index is 1.82. The van der Waals surface area contributed by atoms with Crippen LogP contribution in [0.15, 0.2) is 11.5 Å². The third-order valence-electron chi connectivity index (χ3n) is 4.55. The number of anilines is 1. The van der Waals surface area contributed by atoms with Crippen molar-refractivity contribution in [3.05, 3.63) is 17.2 Å². The SMILES string of the molecule is COC(=O)C(=CC1C2CCCCC12)c1csc(NC(C)=O)n1. The Labute approximate surface area is 133 Å². The predicted octanol–water partition coefficient (Wildman–Crippen LogP) is 3.09. The standard InChI is InChI=1S/C16H20N2O3S/c1-9(19)17-16-18-14(8-22-16)13(15(20)21-2)7-12-10-5-3-4-6-11(10)12/h7-8,10-12H,3-6H2,1-2H3,(H,17,18,19). The van der Waals surface area contributed by atoms with E-state index in [-0.39, 0.29) is 11.9 Å². The molecule has 0 spiro atoms. The smallest absolute Gasteiger partial charge is 0.339 e. The van der Waals surface area contributed by atoms with E-state index in [4.69, 9.17) is 4.74 Å². The summed E-state index contributed by atoms with van der Waals surface area (Å²) >= 11 is 1.32. The summed E-state index contributed by atoms with van der Waals surface area (Å²) in [4.78, 5) is 27.5. The Morgan fingerprint density at radius 2 is 2.05 bits per heavy atom. The third kappa shape index (κ3) is 3.06. The molecule has 0 radical (unpaired) electrons. The molecule has 5 nitrogen and oxygen atoms in total. The van der Waals surface area contributed by atoms with E-state index in [2.05, 4.69) is 10.3 Å². The molecular formula is C16H20N2O3S. The molecule has 2 saturated carbocycles. The van der Waals surface area contributed by atoms with Gasteiger partial charge in [0.05, 0.1) is 18.4 Å². The molecule has 2 aliphatic carbocycles. The minimum absolute atomic E-state index is 0.169. The molecule has 0 saturated heterocycles. The van der Waals surface area contributed by atoms with Crippen LogP contribution in [0.25, 0.3) is 5.57 Å². The molecule has 2 aliphatic rings. The quantitative estimate of drug-likeness (QED) is 0.684. The van der Waals surface area contributed by atoms with E-state index >= 15 is 0 Å². The van der Waals surface area contributed by atoms with Gasteiger partial charge in [-0.05, 0) is 30.6 Å². The number of fused-ring (bicyclic) bond motifs is 1. The molecule has 2 fully saturated rings. The molecule has 3 rings (SSSR count). The number of carbonyl (C=O) groups excluding carboxylic acids is 2. The second-order valence-electron chi connectivity index (χ2n) is 5.98. The number of esters is 1. The van der Waals surface area contributed by atoms with Crippen LogP contribution in [0.1, 0.15) is 38.3 Å². The second-order valence-corrected chi connectivity index (χ2v) is 6.84. The molecule has 2 unspecified atom stereocenters. The van der Waals surface area contributed by atoms with Crippen molar-refractivity contribution < 1.29 is 14.3 Å². The van der Waals surface area contributed by atoms with Crippen LogP contribution in [0, 0.1) is 17.8 Å². The van der Waals surface area contributed by atoms with Crippen LogP contribution in [0.5, 0.6) is 0 Å². The number of hydrogen-bond donors (Lipinski definition) is 1. The number of nitrogens with zero attached hydrogens (tertiary/aromatic N) is 1. The van der Waals surface area contributed by atoms with Crippen LogP contribution in [0.2, 0.25) is 0 Å². The lowest BCUT2D eigenvalue weighted by atomic mass is 10.0. The van der Waals surface area contributed by atoms with Crippen LogP contribution in [-0.2, 0) is 14.3 Å².